The highest BCUT2D eigenvalue weighted by Crippen LogP contribution is 1.80. The summed E-state index contributed by atoms with van der Waals surface area (Å²) < 4.78 is 8.30. The average Bonchev–Trinajstić information content (AvgIpc) is 1.61. The van der Waals surface area contributed by atoms with Gasteiger partial charge in [-0.25, -0.2) is 0 Å². The maximum absolute atomic E-state index is 9.25. The topological polar surface area (TPSA) is 35.5 Å². The van der Waals surface area contributed by atoms with Crippen molar-refractivity contribution in [3.8, 4) is 0 Å². The van der Waals surface area contributed by atoms with Crippen molar-refractivity contribution in [1.82, 2.24) is 0 Å². The van der Waals surface area contributed by atoms with Crippen LogP contribution < -0.4 is 0 Å². The Labute approximate surface area is 37.9 Å². The quantitative estimate of drug-likeness (QED) is 0.219. The molecule has 0 radical (unpaired) electrons. The Morgan fingerprint density at radius 1 is 1.83 bits per heavy atom. The van der Waals surface area contributed by atoms with Crippen LogP contribution >= 0.6 is 9.47 Å². The van der Waals surface area contributed by atoms with Crippen molar-refractivity contribution < 1.29 is 14.1 Å². The van der Waals surface area contributed by atoms with Gasteiger partial charge in [0.25, 0.3) is 6.47 Å². The van der Waals surface area contributed by atoms with Gasteiger partial charge in [0.1, 0.15) is 0 Å². The van der Waals surface area contributed by atoms with Crippen molar-refractivity contribution in [2.24, 2.45) is 0 Å². The zero-order valence-electron chi connectivity index (χ0n) is 3.09. The number of carbonyl (C=O) groups is 1. The maximum atomic E-state index is 9.25. The van der Waals surface area contributed by atoms with Crippen LogP contribution in [0.2, 0.25) is 0 Å². The van der Waals surface area contributed by atoms with Crippen LogP contribution in [0.1, 0.15) is 0 Å². The lowest BCUT2D eigenvalue weighted by atomic mass is 11.4. The fourth-order valence-electron chi connectivity index (χ4n) is 0.0671. The van der Waals surface area contributed by atoms with Gasteiger partial charge in [0.15, 0.2) is 6.79 Å². The van der Waals surface area contributed by atoms with E-state index in [4.69, 9.17) is 0 Å². The van der Waals surface area contributed by atoms with Gasteiger partial charge in [-0.2, -0.15) is 0 Å². The minimum Gasteiger partial charge on any atom is -0.440 e. The van der Waals surface area contributed by atoms with E-state index in [1.807, 2.05) is 9.47 Å². The predicted octanol–water partition coefficient (Wildman–Crippen LogP) is -0.0764. The molecule has 0 aromatic rings. The van der Waals surface area contributed by atoms with Crippen molar-refractivity contribution >= 4 is 15.9 Å². The fourth-order valence-corrected chi connectivity index (χ4v) is 0.146. The first-order valence-electron chi connectivity index (χ1n) is 1.28. The molecule has 0 aromatic carbocycles. The lowest BCUT2D eigenvalue weighted by molar-refractivity contribution is -0.134. The summed E-state index contributed by atoms with van der Waals surface area (Å²) in [5.41, 5.74) is 0. The molecule has 4 heteroatoms. The summed E-state index contributed by atoms with van der Waals surface area (Å²) in [4.78, 5) is 9.25. The van der Waals surface area contributed by atoms with Crippen molar-refractivity contribution in [3.63, 3.8) is 0 Å². The zero-order chi connectivity index (χ0) is 4.83. The van der Waals surface area contributed by atoms with Gasteiger partial charge in [-0.05, 0) is 0 Å². The molecule has 0 saturated heterocycles. The number of carbonyl (C=O) groups excluding carboxylic acids is 1. The van der Waals surface area contributed by atoms with E-state index < -0.39 is 0 Å². The fraction of sp³-hybridized carbons (Fsp3) is 0.500. The van der Waals surface area contributed by atoms with Gasteiger partial charge in [-0.15, -0.1) is 0 Å². The smallest absolute Gasteiger partial charge is 0.295 e. The highest BCUT2D eigenvalue weighted by Gasteiger charge is 1.69. The van der Waals surface area contributed by atoms with Crippen molar-refractivity contribution in [3.05, 3.63) is 0 Å². The van der Waals surface area contributed by atoms with Gasteiger partial charge < -0.3 is 9.26 Å². The van der Waals surface area contributed by atoms with Crippen LogP contribution in [0.3, 0.4) is 0 Å². The molecule has 0 fully saturated rings. The number of ether oxygens (including phenoxy) is 1. The van der Waals surface area contributed by atoms with E-state index in [9.17, 15) is 4.79 Å². The zero-order valence-corrected chi connectivity index (χ0v) is 4.24. The van der Waals surface area contributed by atoms with Gasteiger partial charge in [-0.3, -0.25) is 4.79 Å². The van der Waals surface area contributed by atoms with Gasteiger partial charge in [0.05, 0.1) is 0 Å². The molecular formula is C2H5O3P. The Balaban J connectivity index is 2.49. The van der Waals surface area contributed by atoms with E-state index in [1.165, 1.54) is 0 Å². The summed E-state index contributed by atoms with van der Waals surface area (Å²) in [6.07, 6.45) is 0. The largest absolute Gasteiger partial charge is 0.440 e. The normalized spacial score (nSPS) is 7.50. The first-order chi connectivity index (χ1) is 2.91. The summed E-state index contributed by atoms with van der Waals surface area (Å²) in [5.74, 6) is 0. The van der Waals surface area contributed by atoms with Crippen LogP contribution in [0.15, 0.2) is 0 Å². The van der Waals surface area contributed by atoms with E-state index in [0.717, 1.165) is 0 Å². The van der Waals surface area contributed by atoms with Gasteiger partial charge in [0.2, 0.25) is 0 Å². The molecule has 1 unspecified atom stereocenters. The molecule has 0 saturated carbocycles. The summed E-state index contributed by atoms with van der Waals surface area (Å²) in [5, 5.41) is 0. The number of hydrogen-bond donors (Lipinski definition) is 0. The summed E-state index contributed by atoms with van der Waals surface area (Å²) >= 11 is 0. The molecule has 0 bridgehead atoms. The van der Waals surface area contributed by atoms with Crippen molar-refractivity contribution in [1.29, 1.82) is 0 Å². The Kier molecular flexibility index (Phi) is 4.75. The van der Waals surface area contributed by atoms with Crippen molar-refractivity contribution in [2.45, 2.75) is 0 Å². The molecular weight excluding hydrogens is 103 g/mol. The molecule has 0 rings (SSSR count). The second-order valence-electron chi connectivity index (χ2n) is 0.547. The van der Waals surface area contributed by atoms with Gasteiger partial charge >= 0.3 is 0 Å². The van der Waals surface area contributed by atoms with E-state index in [0.29, 0.717) is 6.47 Å². The second-order valence-corrected chi connectivity index (χ2v) is 0.881. The first kappa shape index (κ1) is 5.86. The Morgan fingerprint density at radius 2 is 2.50 bits per heavy atom. The van der Waals surface area contributed by atoms with E-state index in [-0.39, 0.29) is 6.79 Å². The molecule has 0 spiro atoms. The summed E-state index contributed by atoms with van der Waals surface area (Å²) in [6, 6.07) is 0. The first-order valence-corrected chi connectivity index (χ1v) is 1.76. The highest BCUT2D eigenvalue weighted by atomic mass is 31.0. The SMILES string of the molecule is O=COCOP. The van der Waals surface area contributed by atoms with Crippen LogP contribution in [0.4, 0.5) is 0 Å². The minimum absolute atomic E-state index is 0.00810. The van der Waals surface area contributed by atoms with Crippen molar-refractivity contribution in [2.75, 3.05) is 6.79 Å². The third-order valence-electron chi connectivity index (χ3n) is 0.204. The number of rotatable bonds is 3. The Morgan fingerprint density at radius 3 is 2.67 bits per heavy atom. The minimum atomic E-state index is 0.00810. The van der Waals surface area contributed by atoms with Crippen LogP contribution in [0.25, 0.3) is 0 Å². The molecule has 3 nitrogen and oxygen atoms in total. The lowest BCUT2D eigenvalue weighted by Gasteiger charge is -1.88. The second kappa shape index (κ2) is 4.86. The Bertz CT molecular complexity index is 37.8. The third kappa shape index (κ3) is 3.86. The molecule has 0 heterocycles. The molecule has 0 aromatic heterocycles. The monoisotopic (exact) mass is 108 g/mol. The van der Waals surface area contributed by atoms with Crippen LogP contribution in [0.5, 0.6) is 0 Å². The van der Waals surface area contributed by atoms with Crippen LogP contribution in [0, 0.1) is 0 Å². The van der Waals surface area contributed by atoms with E-state index in [1.54, 1.807) is 0 Å². The predicted molar refractivity (Wildman–Crippen MR) is 22.8 cm³/mol. The lowest BCUT2D eigenvalue weighted by Crippen LogP contribution is -1.87. The standard InChI is InChI=1S/C2H5O3P/c3-1-4-2-5-6/h1H,2,6H2. The maximum Gasteiger partial charge on any atom is 0.295 e. The third-order valence-corrected chi connectivity index (χ3v) is 0.340. The summed E-state index contributed by atoms with van der Waals surface area (Å²) in [7, 11) is 1.95. The number of hydrogen-bond acceptors (Lipinski definition) is 3. The van der Waals surface area contributed by atoms with Crippen LogP contribution in [-0.4, -0.2) is 13.3 Å². The molecule has 0 amide bonds. The average molecular weight is 108 g/mol. The summed E-state index contributed by atoms with van der Waals surface area (Å²) in [6.45, 7) is 0.332. The molecule has 0 aliphatic carbocycles. The molecule has 1 atom stereocenters. The molecule has 6 heavy (non-hydrogen) atoms. The molecule has 36 valence electrons. The Hall–Kier alpha value is -0.140. The van der Waals surface area contributed by atoms with Crippen LogP contribution in [-0.2, 0) is 14.1 Å². The highest BCUT2D eigenvalue weighted by molar-refractivity contribution is 7.09. The molecule has 0 N–H and O–H groups in total. The molecule has 0 aliphatic heterocycles. The molecule has 0 aliphatic rings. The van der Waals surface area contributed by atoms with Gasteiger partial charge in [-0.1, -0.05) is 0 Å². The van der Waals surface area contributed by atoms with E-state index in [2.05, 4.69) is 9.26 Å². The van der Waals surface area contributed by atoms with E-state index >= 15 is 0 Å². The van der Waals surface area contributed by atoms with Gasteiger partial charge in [0, 0.05) is 9.47 Å².